The number of hydrogen-bond acceptors (Lipinski definition) is 1. The van der Waals surface area contributed by atoms with Gasteiger partial charge in [-0.15, -0.1) is 0 Å². The van der Waals surface area contributed by atoms with Gasteiger partial charge in [0.2, 0.25) is 0 Å². The first-order valence-corrected chi connectivity index (χ1v) is 12.0. The van der Waals surface area contributed by atoms with E-state index in [1.54, 1.807) is 0 Å². The van der Waals surface area contributed by atoms with Gasteiger partial charge < -0.3 is 5.32 Å². The molecule has 1 N–H and O–H groups in total. The van der Waals surface area contributed by atoms with E-state index in [4.69, 9.17) is 0 Å². The second-order valence-corrected chi connectivity index (χ2v) is 8.35. The first-order valence-electron chi connectivity index (χ1n) is 12.0. The summed E-state index contributed by atoms with van der Waals surface area (Å²) in [6.07, 6.45) is 22.7. The van der Waals surface area contributed by atoms with Crippen molar-refractivity contribution in [2.75, 3.05) is 13.1 Å². The van der Waals surface area contributed by atoms with Crippen LogP contribution in [0.4, 0.5) is 0 Å². The smallest absolute Gasteiger partial charge is 0.00204 e. The minimum Gasteiger partial charge on any atom is -0.316 e. The number of nitrogens with one attached hydrogen (secondary N) is 1. The molecule has 1 nitrogen and oxygen atoms in total. The van der Waals surface area contributed by atoms with Gasteiger partial charge in [-0.05, 0) is 44.2 Å². The highest BCUT2D eigenvalue weighted by atomic mass is 14.9. The van der Waals surface area contributed by atoms with Crippen molar-refractivity contribution in [3.63, 3.8) is 0 Å². The third-order valence-corrected chi connectivity index (χ3v) is 5.84. The molecular weight excluding hydrogens is 302 g/mol. The van der Waals surface area contributed by atoms with Gasteiger partial charge in [0, 0.05) is 0 Å². The second kappa shape index (κ2) is 20.3. The van der Waals surface area contributed by atoms with E-state index in [0.29, 0.717) is 0 Å². The molecular formula is C24H51N. The molecule has 0 aliphatic carbocycles. The third kappa shape index (κ3) is 17.1. The zero-order valence-electron chi connectivity index (χ0n) is 18.4. The topological polar surface area (TPSA) is 12.0 Å². The minimum absolute atomic E-state index is 0.898. The Morgan fingerprint density at radius 3 is 1.48 bits per heavy atom. The standard InChI is InChI=1S/C24H51N/c1-5-9-12-14-15-17-20-24(19-16-13-10-6-2)22-25-21-23(8-4)18-11-7-3/h23-25H,5-22H2,1-4H3. The minimum atomic E-state index is 0.898. The summed E-state index contributed by atoms with van der Waals surface area (Å²) in [7, 11) is 0. The van der Waals surface area contributed by atoms with Gasteiger partial charge in [-0.2, -0.15) is 0 Å². The summed E-state index contributed by atoms with van der Waals surface area (Å²) in [5.74, 6) is 1.82. The van der Waals surface area contributed by atoms with Crippen molar-refractivity contribution >= 4 is 0 Å². The van der Waals surface area contributed by atoms with Crippen LogP contribution in [0.15, 0.2) is 0 Å². The summed E-state index contributed by atoms with van der Waals surface area (Å²) < 4.78 is 0. The van der Waals surface area contributed by atoms with E-state index < -0.39 is 0 Å². The predicted molar refractivity (Wildman–Crippen MR) is 116 cm³/mol. The van der Waals surface area contributed by atoms with Crippen LogP contribution in [0.3, 0.4) is 0 Å². The van der Waals surface area contributed by atoms with Crippen LogP contribution in [0.25, 0.3) is 0 Å². The van der Waals surface area contributed by atoms with Crippen LogP contribution < -0.4 is 5.32 Å². The van der Waals surface area contributed by atoms with Gasteiger partial charge in [-0.1, -0.05) is 111 Å². The number of unbranched alkanes of at least 4 members (excludes halogenated alkanes) is 9. The zero-order chi connectivity index (χ0) is 18.6. The Balaban J connectivity index is 3.97. The normalized spacial score (nSPS) is 13.9. The molecule has 2 unspecified atom stereocenters. The molecule has 25 heavy (non-hydrogen) atoms. The first kappa shape index (κ1) is 25.0. The van der Waals surface area contributed by atoms with Crippen LogP contribution in [0.5, 0.6) is 0 Å². The summed E-state index contributed by atoms with van der Waals surface area (Å²) in [6.45, 7) is 11.8. The van der Waals surface area contributed by atoms with Gasteiger partial charge in [-0.3, -0.25) is 0 Å². The lowest BCUT2D eigenvalue weighted by molar-refractivity contribution is 0.353. The van der Waals surface area contributed by atoms with Crippen LogP contribution >= 0.6 is 0 Å². The van der Waals surface area contributed by atoms with Crippen LogP contribution in [-0.4, -0.2) is 13.1 Å². The van der Waals surface area contributed by atoms with E-state index in [9.17, 15) is 0 Å². The highest BCUT2D eigenvalue weighted by Crippen LogP contribution is 2.19. The zero-order valence-corrected chi connectivity index (χ0v) is 18.4. The Hall–Kier alpha value is -0.0400. The van der Waals surface area contributed by atoms with Crippen LogP contribution in [0.1, 0.15) is 130 Å². The largest absolute Gasteiger partial charge is 0.316 e. The van der Waals surface area contributed by atoms with Crippen LogP contribution in [0, 0.1) is 11.8 Å². The molecule has 0 aromatic rings. The Bertz CT molecular complexity index is 238. The van der Waals surface area contributed by atoms with Crippen LogP contribution in [-0.2, 0) is 0 Å². The average molecular weight is 354 g/mol. The molecule has 0 fully saturated rings. The maximum Gasteiger partial charge on any atom is -0.00204 e. The van der Waals surface area contributed by atoms with Crippen molar-refractivity contribution in [2.45, 2.75) is 130 Å². The Morgan fingerprint density at radius 2 is 0.920 bits per heavy atom. The summed E-state index contributed by atoms with van der Waals surface area (Å²) in [4.78, 5) is 0. The molecule has 0 saturated carbocycles. The van der Waals surface area contributed by atoms with E-state index in [1.165, 1.54) is 116 Å². The average Bonchev–Trinajstić information content (AvgIpc) is 2.63. The summed E-state index contributed by atoms with van der Waals surface area (Å²) >= 11 is 0. The van der Waals surface area contributed by atoms with Gasteiger partial charge in [0.15, 0.2) is 0 Å². The van der Waals surface area contributed by atoms with E-state index in [0.717, 1.165) is 11.8 Å². The van der Waals surface area contributed by atoms with Gasteiger partial charge in [0.05, 0.1) is 0 Å². The first-order chi connectivity index (χ1) is 12.3. The van der Waals surface area contributed by atoms with Gasteiger partial charge in [0.1, 0.15) is 0 Å². The van der Waals surface area contributed by atoms with E-state index in [2.05, 4.69) is 33.0 Å². The van der Waals surface area contributed by atoms with Crippen molar-refractivity contribution in [1.29, 1.82) is 0 Å². The van der Waals surface area contributed by atoms with E-state index in [-0.39, 0.29) is 0 Å². The highest BCUT2D eigenvalue weighted by Gasteiger charge is 2.10. The van der Waals surface area contributed by atoms with Crippen molar-refractivity contribution in [3.05, 3.63) is 0 Å². The number of rotatable bonds is 20. The van der Waals surface area contributed by atoms with Crippen LogP contribution in [0.2, 0.25) is 0 Å². The molecule has 0 heterocycles. The predicted octanol–water partition coefficient (Wildman–Crippen LogP) is 8.13. The molecule has 0 spiro atoms. The maximum absolute atomic E-state index is 3.85. The highest BCUT2D eigenvalue weighted by molar-refractivity contribution is 4.67. The molecule has 0 aromatic carbocycles. The fourth-order valence-electron chi connectivity index (χ4n) is 3.86. The Labute approximate surface area is 161 Å². The molecule has 1 heteroatoms. The van der Waals surface area contributed by atoms with Gasteiger partial charge >= 0.3 is 0 Å². The molecule has 0 bridgehead atoms. The molecule has 0 aliphatic heterocycles. The fourth-order valence-corrected chi connectivity index (χ4v) is 3.86. The molecule has 152 valence electrons. The molecule has 0 aromatic heterocycles. The third-order valence-electron chi connectivity index (χ3n) is 5.84. The molecule has 0 saturated heterocycles. The molecule has 0 radical (unpaired) electrons. The van der Waals surface area contributed by atoms with Gasteiger partial charge in [0.25, 0.3) is 0 Å². The quantitative estimate of drug-likeness (QED) is 0.218. The maximum atomic E-state index is 3.85. The fraction of sp³-hybridized carbons (Fsp3) is 1.00. The molecule has 0 amide bonds. The lowest BCUT2D eigenvalue weighted by Gasteiger charge is -2.21. The monoisotopic (exact) mass is 353 g/mol. The lowest BCUT2D eigenvalue weighted by Crippen LogP contribution is -2.28. The Morgan fingerprint density at radius 1 is 0.480 bits per heavy atom. The molecule has 0 aliphatic rings. The van der Waals surface area contributed by atoms with Gasteiger partial charge in [-0.25, -0.2) is 0 Å². The van der Waals surface area contributed by atoms with E-state index in [1.807, 2.05) is 0 Å². The SMILES string of the molecule is CCCCCCCCC(CCCCCC)CNCC(CC)CCCC. The number of hydrogen-bond donors (Lipinski definition) is 1. The summed E-state index contributed by atoms with van der Waals surface area (Å²) in [5.41, 5.74) is 0. The molecule has 0 rings (SSSR count). The Kier molecular flexibility index (Phi) is 20.2. The van der Waals surface area contributed by atoms with Crippen molar-refractivity contribution in [1.82, 2.24) is 5.32 Å². The van der Waals surface area contributed by atoms with Crippen molar-refractivity contribution in [2.24, 2.45) is 11.8 Å². The van der Waals surface area contributed by atoms with E-state index >= 15 is 0 Å². The van der Waals surface area contributed by atoms with Crippen molar-refractivity contribution in [3.8, 4) is 0 Å². The summed E-state index contributed by atoms with van der Waals surface area (Å²) in [5, 5.41) is 3.85. The second-order valence-electron chi connectivity index (χ2n) is 8.35. The lowest BCUT2D eigenvalue weighted by atomic mass is 9.93. The summed E-state index contributed by atoms with van der Waals surface area (Å²) in [6, 6.07) is 0. The van der Waals surface area contributed by atoms with Crippen molar-refractivity contribution < 1.29 is 0 Å². The molecule has 2 atom stereocenters.